The van der Waals surface area contributed by atoms with Crippen molar-refractivity contribution in [1.82, 2.24) is 4.90 Å². The van der Waals surface area contributed by atoms with Crippen molar-refractivity contribution in [2.24, 2.45) is 0 Å². The molecule has 0 saturated heterocycles. The summed E-state index contributed by atoms with van der Waals surface area (Å²) in [6.07, 6.45) is 6.63. The lowest BCUT2D eigenvalue weighted by molar-refractivity contribution is -0.132. The van der Waals surface area contributed by atoms with Crippen molar-refractivity contribution in [3.63, 3.8) is 0 Å². The molecule has 1 heterocycles. The van der Waals surface area contributed by atoms with Gasteiger partial charge in [-0.25, -0.2) is 0 Å². The first-order chi connectivity index (χ1) is 8.31. The number of halogens is 1. The minimum Gasteiger partial charge on any atom is -0.467 e. The molecule has 0 bridgehead atoms. The Balaban J connectivity index is 1.86. The summed E-state index contributed by atoms with van der Waals surface area (Å²) in [6.45, 7) is 0.630. The van der Waals surface area contributed by atoms with Gasteiger partial charge in [-0.15, -0.1) is 0 Å². The van der Waals surface area contributed by atoms with Crippen molar-refractivity contribution in [3.8, 4) is 0 Å². The Bertz CT molecular complexity index is 346. The van der Waals surface area contributed by atoms with Gasteiger partial charge >= 0.3 is 0 Å². The van der Waals surface area contributed by atoms with Crippen LogP contribution < -0.4 is 0 Å². The molecule has 1 aromatic rings. The summed E-state index contributed by atoms with van der Waals surface area (Å²) in [5, 5.41) is 0.974. The standard InChI is InChI=1S/C13H18BrNO2/c14-8-2-1-5-13(16)15(11-6-7-11)10-12-4-3-9-17-12/h3-4,9,11H,1-2,5-8,10H2. The summed E-state index contributed by atoms with van der Waals surface area (Å²) >= 11 is 3.39. The molecular formula is C13H18BrNO2. The molecule has 1 saturated carbocycles. The zero-order valence-corrected chi connectivity index (χ0v) is 11.5. The van der Waals surface area contributed by atoms with Crippen LogP contribution in [0.5, 0.6) is 0 Å². The topological polar surface area (TPSA) is 33.5 Å². The van der Waals surface area contributed by atoms with E-state index >= 15 is 0 Å². The Hall–Kier alpha value is -0.770. The Kier molecular flexibility index (Phi) is 4.66. The maximum absolute atomic E-state index is 12.1. The Morgan fingerprint density at radius 1 is 1.47 bits per heavy atom. The van der Waals surface area contributed by atoms with Crippen molar-refractivity contribution in [1.29, 1.82) is 0 Å². The third-order valence-corrected chi connectivity index (χ3v) is 3.55. The normalized spacial score (nSPS) is 14.9. The molecule has 1 aliphatic carbocycles. The summed E-state index contributed by atoms with van der Waals surface area (Å²) in [4.78, 5) is 14.1. The molecule has 94 valence electrons. The molecule has 0 aromatic carbocycles. The predicted molar refractivity (Wildman–Crippen MR) is 69.9 cm³/mol. The maximum atomic E-state index is 12.1. The second kappa shape index (κ2) is 6.24. The second-order valence-electron chi connectivity index (χ2n) is 4.48. The number of rotatable bonds is 7. The fourth-order valence-corrected chi connectivity index (χ4v) is 2.29. The molecule has 0 N–H and O–H groups in total. The predicted octanol–water partition coefficient (Wildman–Crippen LogP) is 3.34. The van der Waals surface area contributed by atoms with Gasteiger partial charge in [-0.2, -0.15) is 0 Å². The molecule has 2 rings (SSSR count). The van der Waals surface area contributed by atoms with Crippen LogP contribution in [-0.2, 0) is 11.3 Å². The van der Waals surface area contributed by atoms with Crippen LogP contribution in [0.2, 0.25) is 0 Å². The van der Waals surface area contributed by atoms with E-state index in [4.69, 9.17) is 4.42 Å². The number of carbonyl (C=O) groups excluding carboxylic acids is 1. The van der Waals surface area contributed by atoms with Crippen molar-refractivity contribution in [2.45, 2.75) is 44.7 Å². The summed E-state index contributed by atoms with van der Waals surface area (Å²) < 4.78 is 5.32. The number of alkyl halides is 1. The molecule has 0 unspecified atom stereocenters. The third kappa shape index (κ3) is 3.87. The van der Waals surface area contributed by atoms with Gasteiger partial charge in [-0.1, -0.05) is 15.9 Å². The molecule has 1 fully saturated rings. The molecule has 0 spiro atoms. The number of furan rings is 1. The van der Waals surface area contributed by atoms with Gasteiger partial charge in [0, 0.05) is 17.8 Å². The Labute approximate surface area is 110 Å². The number of nitrogens with zero attached hydrogens (tertiary/aromatic N) is 1. The number of hydrogen-bond donors (Lipinski definition) is 0. The highest BCUT2D eigenvalue weighted by Gasteiger charge is 2.32. The quantitative estimate of drug-likeness (QED) is 0.571. The van der Waals surface area contributed by atoms with E-state index in [9.17, 15) is 4.79 Å². The van der Waals surface area contributed by atoms with E-state index < -0.39 is 0 Å². The van der Waals surface area contributed by atoms with E-state index in [0.717, 1.165) is 36.8 Å². The average molecular weight is 300 g/mol. The van der Waals surface area contributed by atoms with Crippen LogP contribution in [0.25, 0.3) is 0 Å². The van der Waals surface area contributed by atoms with Crippen LogP contribution >= 0.6 is 15.9 Å². The van der Waals surface area contributed by atoms with E-state index in [0.29, 0.717) is 19.0 Å². The van der Waals surface area contributed by atoms with E-state index in [1.807, 2.05) is 17.0 Å². The van der Waals surface area contributed by atoms with Crippen LogP contribution in [-0.4, -0.2) is 22.2 Å². The monoisotopic (exact) mass is 299 g/mol. The molecule has 1 amide bonds. The smallest absolute Gasteiger partial charge is 0.223 e. The SMILES string of the molecule is O=C(CCCCBr)N(Cc1ccco1)C1CC1. The Morgan fingerprint density at radius 3 is 2.88 bits per heavy atom. The van der Waals surface area contributed by atoms with E-state index in [1.54, 1.807) is 6.26 Å². The number of unbranched alkanes of at least 4 members (excludes halogenated alkanes) is 1. The molecular weight excluding hydrogens is 282 g/mol. The molecule has 0 atom stereocenters. The van der Waals surface area contributed by atoms with Gasteiger partial charge in [-0.05, 0) is 37.8 Å². The third-order valence-electron chi connectivity index (χ3n) is 2.99. The highest BCUT2D eigenvalue weighted by Crippen LogP contribution is 2.29. The molecule has 1 aromatic heterocycles. The van der Waals surface area contributed by atoms with Crippen LogP contribution in [0.4, 0.5) is 0 Å². The molecule has 0 aliphatic heterocycles. The van der Waals surface area contributed by atoms with E-state index in [-0.39, 0.29) is 5.91 Å². The van der Waals surface area contributed by atoms with Crippen molar-refractivity contribution >= 4 is 21.8 Å². The summed E-state index contributed by atoms with van der Waals surface area (Å²) in [7, 11) is 0. The zero-order chi connectivity index (χ0) is 12.1. The van der Waals surface area contributed by atoms with Gasteiger partial charge in [0.05, 0.1) is 12.8 Å². The average Bonchev–Trinajstić information content (AvgIpc) is 3.03. The van der Waals surface area contributed by atoms with Crippen molar-refractivity contribution in [2.75, 3.05) is 5.33 Å². The van der Waals surface area contributed by atoms with Gasteiger partial charge < -0.3 is 9.32 Å². The van der Waals surface area contributed by atoms with E-state index in [2.05, 4.69) is 15.9 Å². The molecule has 17 heavy (non-hydrogen) atoms. The van der Waals surface area contributed by atoms with Gasteiger partial charge in [-0.3, -0.25) is 4.79 Å². The lowest BCUT2D eigenvalue weighted by atomic mass is 10.2. The van der Waals surface area contributed by atoms with Crippen LogP contribution in [0.15, 0.2) is 22.8 Å². The fourth-order valence-electron chi connectivity index (χ4n) is 1.89. The van der Waals surface area contributed by atoms with E-state index in [1.165, 1.54) is 0 Å². The minimum absolute atomic E-state index is 0.268. The molecule has 1 aliphatic rings. The largest absolute Gasteiger partial charge is 0.467 e. The fraction of sp³-hybridized carbons (Fsp3) is 0.615. The molecule has 0 radical (unpaired) electrons. The van der Waals surface area contributed by atoms with Gasteiger partial charge in [0.25, 0.3) is 0 Å². The molecule has 4 heteroatoms. The first-order valence-corrected chi connectivity index (χ1v) is 7.31. The van der Waals surface area contributed by atoms with Gasteiger partial charge in [0.2, 0.25) is 5.91 Å². The van der Waals surface area contributed by atoms with Crippen LogP contribution in [0, 0.1) is 0 Å². The summed E-state index contributed by atoms with van der Waals surface area (Å²) in [6, 6.07) is 4.26. The highest BCUT2D eigenvalue weighted by molar-refractivity contribution is 9.09. The zero-order valence-electron chi connectivity index (χ0n) is 9.90. The highest BCUT2D eigenvalue weighted by atomic mass is 79.9. The first kappa shape index (κ1) is 12.7. The number of hydrogen-bond acceptors (Lipinski definition) is 2. The minimum atomic E-state index is 0.268. The second-order valence-corrected chi connectivity index (χ2v) is 5.27. The van der Waals surface area contributed by atoms with Crippen LogP contribution in [0.3, 0.4) is 0 Å². The van der Waals surface area contributed by atoms with Crippen molar-refractivity contribution < 1.29 is 9.21 Å². The van der Waals surface area contributed by atoms with Gasteiger partial charge in [0.1, 0.15) is 5.76 Å². The summed E-state index contributed by atoms with van der Waals surface area (Å²) in [5.74, 6) is 1.15. The first-order valence-electron chi connectivity index (χ1n) is 6.19. The van der Waals surface area contributed by atoms with Crippen LogP contribution in [0.1, 0.15) is 37.9 Å². The number of amides is 1. The summed E-state index contributed by atoms with van der Waals surface area (Å²) in [5.41, 5.74) is 0. The molecule has 3 nitrogen and oxygen atoms in total. The maximum Gasteiger partial charge on any atom is 0.223 e. The lowest BCUT2D eigenvalue weighted by Crippen LogP contribution is -2.32. The lowest BCUT2D eigenvalue weighted by Gasteiger charge is -2.21. The van der Waals surface area contributed by atoms with Gasteiger partial charge in [0.15, 0.2) is 0 Å². The number of carbonyl (C=O) groups is 1. The Morgan fingerprint density at radius 2 is 2.29 bits per heavy atom. The van der Waals surface area contributed by atoms with Crippen molar-refractivity contribution in [3.05, 3.63) is 24.2 Å².